The number of ketones is 1. The summed E-state index contributed by atoms with van der Waals surface area (Å²) in [7, 11) is 4.46. The second kappa shape index (κ2) is 9.24. The van der Waals surface area contributed by atoms with E-state index < -0.39 is 0 Å². The maximum Gasteiger partial charge on any atom is 0.203 e. The fraction of sp³-hybridized carbons (Fsp3) is 0.533. The molecule has 0 aliphatic rings. The van der Waals surface area contributed by atoms with Crippen molar-refractivity contribution >= 4 is 5.78 Å². The van der Waals surface area contributed by atoms with E-state index >= 15 is 0 Å². The smallest absolute Gasteiger partial charge is 0.203 e. The van der Waals surface area contributed by atoms with Crippen LogP contribution in [0.3, 0.4) is 0 Å². The zero-order valence-corrected chi connectivity index (χ0v) is 13.2. The molecular formula is C15H23NO6. The quantitative estimate of drug-likeness (QED) is 0.596. The largest absolute Gasteiger partial charge is 0.493 e. The van der Waals surface area contributed by atoms with Crippen molar-refractivity contribution in [2.24, 2.45) is 0 Å². The fourth-order valence-corrected chi connectivity index (χ4v) is 2.09. The van der Waals surface area contributed by atoms with Crippen LogP contribution in [0, 0.1) is 0 Å². The van der Waals surface area contributed by atoms with Crippen LogP contribution in [-0.4, -0.2) is 75.1 Å². The molecule has 0 amide bonds. The third kappa shape index (κ3) is 4.59. The Balaban J connectivity index is 3.01. The molecule has 0 spiro atoms. The average molecular weight is 313 g/mol. The highest BCUT2D eigenvalue weighted by Gasteiger charge is 2.18. The Morgan fingerprint density at radius 1 is 1.00 bits per heavy atom. The van der Waals surface area contributed by atoms with Gasteiger partial charge in [-0.05, 0) is 12.1 Å². The first kappa shape index (κ1) is 18.2. The number of methoxy groups -OCH3 is 3. The molecule has 0 radical (unpaired) electrons. The van der Waals surface area contributed by atoms with Crippen LogP contribution >= 0.6 is 0 Å². The molecule has 0 atom stereocenters. The number of carbonyl (C=O) groups is 1. The van der Waals surface area contributed by atoms with Crippen LogP contribution in [0.25, 0.3) is 0 Å². The number of aliphatic hydroxyl groups is 2. The van der Waals surface area contributed by atoms with Gasteiger partial charge in [-0.3, -0.25) is 9.69 Å². The maximum atomic E-state index is 12.4. The third-order valence-electron chi connectivity index (χ3n) is 3.19. The van der Waals surface area contributed by atoms with E-state index in [0.29, 0.717) is 35.9 Å². The van der Waals surface area contributed by atoms with E-state index in [9.17, 15) is 4.79 Å². The number of carbonyl (C=O) groups excluding carboxylic acids is 1. The minimum Gasteiger partial charge on any atom is -0.493 e. The third-order valence-corrected chi connectivity index (χ3v) is 3.19. The van der Waals surface area contributed by atoms with Crippen molar-refractivity contribution in [2.75, 3.05) is 54.2 Å². The van der Waals surface area contributed by atoms with Gasteiger partial charge < -0.3 is 24.4 Å². The van der Waals surface area contributed by atoms with Gasteiger partial charge >= 0.3 is 0 Å². The average Bonchev–Trinajstić information content (AvgIpc) is 2.53. The normalized spacial score (nSPS) is 10.6. The zero-order chi connectivity index (χ0) is 16.5. The second-order valence-corrected chi connectivity index (χ2v) is 4.56. The van der Waals surface area contributed by atoms with Crippen LogP contribution in [0.4, 0.5) is 0 Å². The molecule has 0 bridgehead atoms. The van der Waals surface area contributed by atoms with E-state index in [1.165, 1.54) is 21.3 Å². The lowest BCUT2D eigenvalue weighted by Gasteiger charge is -2.20. The number of ether oxygens (including phenoxy) is 3. The summed E-state index contributed by atoms with van der Waals surface area (Å²) < 4.78 is 15.7. The minimum absolute atomic E-state index is 0.0808. The van der Waals surface area contributed by atoms with Crippen LogP contribution in [0.1, 0.15) is 10.4 Å². The standard InChI is InChI=1S/C15H23NO6/c1-20-13-8-11(9-14(21-2)15(13)22-3)12(19)10-16(4-6-17)5-7-18/h8-9,17-18H,4-7,10H2,1-3H3. The Kier molecular flexibility index (Phi) is 7.65. The number of hydrogen-bond donors (Lipinski definition) is 2. The van der Waals surface area contributed by atoms with Crippen molar-refractivity contribution in [3.63, 3.8) is 0 Å². The lowest BCUT2D eigenvalue weighted by atomic mass is 10.1. The van der Waals surface area contributed by atoms with Crippen molar-refractivity contribution in [2.45, 2.75) is 0 Å². The van der Waals surface area contributed by atoms with Gasteiger partial charge in [0.25, 0.3) is 0 Å². The molecule has 0 saturated heterocycles. The fourth-order valence-electron chi connectivity index (χ4n) is 2.09. The monoisotopic (exact) mass is 313 g/mol. The second-order valence-electron chi connectivity index (χ2n) is 4.56. The van der Waals surface area contributed by atoms with Gasteiger partial charge in [0.15, 0.2) is 17.3 Å². The SMILES string of the molecule is COc1cc(C(=O)CN(CCO)CCO)cc(OC)c1OC. The molecule has 0 heterocycles. The Hall–Kier alpha value is -1.83. The molecule has 1 rings (SSSR count). The molecule has 2 N–H and O–H groups in total. The predicted octanol–water partition coefficient (Wildman–Crippen LogP) is 0.182. The predicted molar refractivity (Wildman–Crippen MR) is 81.0 cm³/mol. The van der Waals surface area contributed by atoms with E-state index in [0.717, 1.165) is 0 Å². The molecule has 0 saturated carbocycles. The van der Waals surface area contributed by atoms with Crippen LogP contribution < -0.4 is 14.2 Å². The summed E-state index contributed by atoms with van der Waals surface area (Å²) in [6.07, 6.45) is 0. The first-order chi connectivity index (χ1) is 10.6. The first-order valence-electron chi connectivity index (χ1n) is 6.88. The summed E-state index contributed by atoms with van der Waals surface area (Å²) in [5.74, 6) is 1.06. The maximum absolute atomic E-state index is 12.4. The van der Waals surface area contributed by atoms with E-state index in [1.54, 1.807) is 17.0 Å². The molecule has 0 aliphatic carbocycles. The molecule has 22 heavy (non-hydrogen) atoms. The van der Waals surface area contributed by atoms with Crippen molar-refractivity contribution in [3.05, 3.63) is 17.7 Å². The van der Waals surface area contributed by atoms with Gasteiger partial charge in [0.2, 0.25) is 5.75 Å². The lowest BCUT2D eigenvalue weighted by molar-refractivity contribution is 0.0893. The summed E-state index contributed by atoms with van der Waals surface area (Å²) >= 11 is 0. The van der Waals surface area contributed by atoms with Gasteiger partial charge in [0, 0.05) is 18.7 Å². The Labute approximate surface area is 130 Å². The van der Waals surface area contributed by atoms with Crippen LogP contribution in [0.15, 0.2) is 12.1 Å². The minimum atomic E-state index is -0.166. The summed E-state index contributed by atoms with van der Waals surface area (Å²) in [5, 5.41) is 18.0. The van der Waals surface area contributed by atoms with Gasteiger partial charge in [0.1, 0.15) is 0 Å². The van der Waals surface area contributed by atoms with Gasteiger partial charge in [-0.1, -0.05) is 0 Å². The molecule has 0 unspecified atom stereocenters. The number of Topliss-reactive ketones (excluding diaryl/α,β-unsaturated/α-hetero) is 1. The van der Waals surface area contributed by atoms with Crippen LogP contribution in [0.2, 0.25) is 0 Å². The van der Waals surface area contributed by atoms with Crippen LogP contribution in [0.5, 0.6) is 17.2 Å². The van der Waals surface area contributed by atoms with Gasteiger partial charge in [0.05, 0.1) is 41.1 Å². The van der Waals surface area contributed by atoms with Gasteiger partial charge in [-0.2, -0.15) is 0 Å². The summed E-state index contributed by atoms with van der Waals surface area (Å²) in [6, 6.07) is 3.17. The highest BCUT2D eigenvalue weighted by atomic mass is 16.5. The van der Waals surface area contributed by atoms with Crippen molar-refractivity contribution in [1.29, 1.82) is 0 Å². The Morgan fingerprint density at radius 2 is 1.50 bits per heavy atom. The molecule has 0 aliphatic heterocycles. The number of benzene rings is 1. The molecule has 7 nitrogen and oxygen atoms in total. The molecule has 7 heteroatoms. The molecule has 1 aromatic carbocycles. The molecule has 124 valence electrons. The van der Waals surface area contributed by atoms with Gasteiger partial charge in [-0.25, -0.2) is 0 Å². The summed E-state index contributed by atoms with van der Waals surface area (Å²) in [6.45, 7) is 0.554. The highest BCUT2D eigenvalue weighted by Crippen LogP contribution is 2.38. The van der Waals surface area contributed by atoms with Crippen molar-refractivity contribution in [1.82, 2.24) is 4.90 Å². The Morgan fingerprint density at radius 3 is 1.86 bits per heavy atom. The zero-order valence-electron chi connectivity index (χ0n) is 13.2. The Bertz CT molecular complexity index is 460. The lowest BCUT2D eigenvalue weighted by Crippen LogP contribution is -2.34. The van der Waals surface area contributed by atoms with Gasteiger partial charge in [-0.15, -0.1) is 0 Å². The topological polar surface area (TPSA) is 88.5 Å². The number of rotatable bonds is 10. The first-order valence-corrected chi connectivity index (χ1v) is 6.88. The number of nitrogens with zero attached hydrogens (tertiary/aromatic N) is 1. The van der Waals surface area contributed by atoms with Crippen molar-refractivity contribution < 1.29 is 29.2 Å². The number of aliphatic hydroxyl groups excluding tert-OH is 2. The van der Waals surface area contributed by atoms with E-state index in [4.69, 9.17) is 24.4 Å². The van der Waals surface area contributed by atoms with E-state index in [-0.39, 0.29) is 25.5 Å². The van der Waals surface area contributed by atoms with Crippen molar-refractivity contribution in [3.8, 4) is 17.2 Å². The highest BCUT2D eigenvalue weighted by molar-refractivity contribution is 5.98. The van der Waals surface area contributed by atoms with E-state index in [1.807, 2.05) is 0 Å². The molecule has 1 aromatic rings. The summed E-state index contributed by atoms with van der Waals surface area (Å²) in [4.78, 5) is 14.1. The molecule has 0 aromatic heterocycles. The van der Waals surface area contributed by atoms with Crippen LogP contribution in [-0.2, 0) is 0 Å². The summed E-state index contributed by atoms with van der Waals surface area (Å²) in [5.41, 5.74) is 0.412. The van der Waals surface area contributed by atoms with E-state index in [2.05, 4.69) is 0 Å². The molecule has 0 fully saturated rings. The number of hydrogen-bond acceptors (Lipinski definition) is 7. The molecular weight excluding hydrogens is 290 g/mol.